The highest BCUT2D eigenvalue weighted by molar-refractivity contribution is 7.89. The van der Waals surface area contributed by atoms with Crippen molar-refractivity contribution in [2.24, 2.45) is 0 Å². The minimum absolute atomic E-state index is 0.0970. The van der Waals surface area contributed by atoms with E-state index in [4.69, 9.17) is 10.3 Å². The number of nitrogens with one attached hydrogen (secondary N) is 1. The molecule has 0 spiro atoms. The zero-order valence-corrected chi connectivity index (χ0v) is 12.4. The van der Waals surface area contributed by atoms with Crippen molar-refractivity contribution < 1.29 is 12.9 Å². The molecule has 1 atom stereocenters. The highest BCUT2D eigenvalue weighted by atomic mass is 32.2. The van der Waals surface area contributed by atoms with E-state index in [1.54, 1.807) is 45.0 Å². The van der Waals surface area contributed by atoms with Gasteiger partial charge in [-0.15, -0.1) is 0 Å². The summed E-state index contributed by atoms with van der Waals surface area (Å²) in [6.07, 6.45) is 0. The average molecular weight is 295 g/mol. The Kier molecular flexibility index (Phi) is 3.82. The molecular formula is C13H17N3O3S. The van der Waals surface area contributed by atoms with E-state index in [1.807, 2.05) is 0 Å². The minimum Gasteiger partial charge on any atom is -0.399 e. The van der Waals surface area contributed by atoms with Crippen LogP contribution in [0.25, 0.3) is 0 Å². The quantitative estimate of drug-likeness (QED) is 0.840. The maximum Gasteiger partial charge on any atom is 0.246 e. The van der Waals surface area contributed by atoms with E-state index < -0.39 is 10.0 Å². The smallest absolute Gasteiger partial charge is 0.246 e. The van der Waals surface area contributed by atoms with Crippen LogP contribution in [0.2, 0.25) is 0 Å². The fraction of sp³-hybridized carbons (Fsp3) is 0.308. The van der Waals surface area contributed by atoms with Gasteiger partial charge in [0.1, 0.15) is 10.6 Å². The normalized spacial score (nSPS) is 13.3. The topological polar surface area (TPSA) is 98.2 Å². The molecule has 2 aromatic rings. The monoisotopic (exact) mass is 295 g/mol. The molecule has 0 aliphatic heterocycles. The first-order valence-corrected chi connectivity index (χ1v) is 7.60. The number of aryl methyl sites for hydroxylation is 2. The van der Waals surface area contributed by atoms with Crippen LogP contribution < -0.4 is 10.5 Å². The summed E-state index contributed by atoms with van der Waals surface area (Å²) in [4.78, 5) is 0.0970. The van der Waals surface area contributed by atoms with Crippen molar-refractivity contribution in [1.82, 2.24) is 9.88 Å². The van der Waals surface area contributed by atoms with Gasteiger partial charge in [-0.05, 0) is 38.5 Å². The van der Waals surface area contributed by atoms with Crippen LogP contribution in [0, 0.1) is 13.8 Å². The van der Waals surface area contributed by atoms with E-state index >= 15 is 0 Å². The lowest BCUT2D eigenvalue weighted by atomic mass is 10.1. The van der Waals surface area contributed by atoms with Crippen LogP contribution in [0.1, 0.15) is 30.0 Å². The first-order valence-electron chi connectivity index (χ1n) is 6.12. The summed E-state index contributed by atoms with van der Waals surface area (Å²) >= 11 is 0. The van der Waals surface area contributed by atoms with Gasteiger partial charge in [0, 0.05) is 11.7 Å². The van der Waals surface area contributed by atoms with Gasteiger partial charge < -0.3 is 10.3 Å². The highest BCUT2D eigenvalue weighted by Crippen LogP contribution is 2.22. The number of nitrogen functional groups attached to an aromatic ring is 1. The molecular weight excluding hydrogens is 278 g/mol. The molecule has 1 aromatic carbocycles. The lowest BCUT2D eigenvalue weighted by Gasteiger charge is -2.14. The summed E-state index contributed by atoms with van der Waals surface area (Å²) in [7, 11) is -3.67. The summed E-state index contributed by atoms with van der Waals surface area (Å²) in [5.74, 6) is 0.277. The number of rotatable bonds is 4. The van der Waals surface area contributed by atoms with Crippen molar-refractivity contribution in [2.45, 2.75) is 31.7 Å². The lowest BCUT2D eigenvalue weighted by Crippen LogP contribution is -2.27. The molecule has 1 aromatic heterocycles. The number of anilines is 1. The van der Waals surface area contributed by atoms with Gasteiger partial charge in [0.25, 0.3) is 0 Å². The van der Waals surface area contributed by atoms with E-state index in [0.717, 1.165) is 5.56 Å². The summed E-state index contributed by atoms with van der Waals surface area (Å²) in [6, 6.07) is 6.66. The molecule has 0 aliphatic rings. The second-order valence-corrected chi connectivity index (χ2v) is 6.31. The predicted molar refractivity (Wildman–Crippen MR) is 75.6 cm³/mol. The van der Waals surface area contributed by atoms with Gasteiger partial charge in [0.2, 0.25) is 10.0 Å². The second-order valence-electron chi connectivity index (χ2n) is 4.66. The van der Waals surface area contributed by atoms with Gasteiger partial charge in [0.05, 0.1) is 0 Å². The van der Waals surface area contributed by atoms with Crippen molar-refractivity contribution in [2.75, 3.05) is 5.73 Å². The van der Waals surface area contributed by atoms with Crippen LogP contribution in [-0.2, 0) is 10.0 Å². The van der Waals surface area contributed by atoms with Gasteiger partial charge in [0.15, 0.2) is 5.76 Å². The molecule has 1 heterocycles. The number of benzene rings is 1. The van der Waals surface area contributed by atoms with Crippen LogP contribution >= 0.6 is 0 Å². The first kappa shape index (κ1) is 14.5. The minimum atomic E-state index is -3.67. The molecule has 0 bridgehead atoms. The number of nitrogens with zero attached hydrogens (tertiary/aromatic N) is 1. The Morgan fingerprint density at radius 3 is 2.35 bits per heavy atom. The molecule has 0 saturated carbocycles. The third-order valence-corrected chi connectivity index (χ3v) is 4.79. The van der Waals surface area contributed by atoms with Crippen molar-refractivity contribution in [3.05, 3.63) is 41.3 Å². The number of nitrogens with two attached hydrogens (primary N) is 1. The molecule has 1 unspecified atom stereocenters. The zero-order valence-electron chi connectivity index (χ0n) is 11.5. The summed E-state index contributed by atoms with van der Waals surface area (Å²) in [6.45, 7) is 4.93. The van der Waals surface area contributed by atoms with Crippen LogP contribution in [0.3, 0.4) is 0 Å². The molecule has 0 amide bonds. The molecule has 7 heteroatoms. The van der Waals surface area contributed by atoms with Gasteiger partial charge in [-0.1, -0.05) is 17.3 Å². The maximum atomic E-state index is 12.3. The van der Waals surface area contributed by atoms with Crippen molar-refractivity contribution in [3.63, 3.8) is 0 Å². The Morgan fingerprint density at radius 1 is 1.25 bits per heavy atom. The fourth-order valence-corrected chi connectivity index (χ4v) is 3.56. The molecule has 0 radical (unpaired) electrons. The Bertz CT molecular complexity index is 685. The zero-order chi connectivity index (χ0) is 14.9. The summed E-state index contributed by atoms with van der Waals surface area (Å²) in [5, 5.41) is 3.66. The van der Waals surface area contributed by atoms with E-state index in [2.05, 4.69) is 9.88 Å². The van der Waals surface area contributed by atoms with Crippen LogP contribution in [0.4, 0.5) is 5.69 Å². The van der Waals surface area contributed by atoms with Gasteiger partial charge >= 0.3 is 0 Å². The molecule has 0 saturated heterocycles. The number of hydrogen-bond acceptors (Lipinski definition) is 5. The second kappa shape index (κ2) is 5.26. The van der Waals surface area contributed by atoms with Crippen molar-refractivity contribution >= 4 is 15.7 Å². The Morgan fingerprint density at radius 2 is 1.85 bits per heavy atom. The Labute approximate surface area is 118 Å². The Balaban J connectivity index is 2.27. The van der Waals surface area contributed by atoms with Gasteiger partial charge in [-0.2, -0.15) is 0 Å². The van der Waals surface area contributed by atoms with Crippen molar-refractivity contribution in [3.8, 4) is 0 Å². The van der Waals surface area contributed by atoms with E-state index in [9.17, 15) is 8.42 Å². The largest absolute Gasteiger partial charge is 0.399 e. The third kappa shape index (κ3) is 2.83. The van der Waals surface area contributed by atoms with E-state index in [1.165, 1.54) is 0 Å². The number of hydrogen-bond donors (Lipinski definition) is 2. The van der Waals surface area contributed by atoms with Crippen LogP contribution in [0.5, 0.6) is 0 Å². The first-order chi connectivity index (χ1) is 9.31. The van der Waals surface area contributed by atoms with Crippen LogP contribution in [-0.4, -0.2) is 13.6 Å². The molecule has 0 fully saturated rings. The average Bonchev–Trinajstić information content (AvgIpc) is 2.69. The predicted octanol–water partition coefficient (Wildman–Crippen LogP) is 1.91. The molecule has 20 heavy (non-hydrogen) atoms. The molecule has 0 aliphatic carbocycles. The molecule has 2 rings (SSSR count). The van der Waals surface area contributed by atoms with Gasteiger partial charge in [-0.25, -0.2) is 13.1 Å². The lowest BCUT2D eigenvalue weighted by molar-refractivity contribution is 0.390. The standard InChI is InChI=1S/C13H17N3O3S/c1-8(11-4-6-12(14)7-5-11)16-20(17,18)13-9(2)15-19-10(13)3/h4-8,16H,14H2,1-3H3. The van der Waals surface area contributed by atoms with E-state index in [0.29, 0.717) is 11.4 Å². The number of sulfonamides is 1. The molecule has 6 nitrogen and oxygen atoms in total. The Hall–Kier alpha value is -1.86. The van der Waals surface area contributed by atoms with Gasteiger partial charge in [-0.3, -0.25) is 0 Å². The summed E-state index contributed by atoms with van der Waals surface area (Å²) < 4.78 is 32.2. The van der Waals surface area contributed by atoms with E-state index in [-0.39, 0.29) is 16.7 Å². The SMILES string of the molecule is Cc1noc(C)c1S(=O)(=O)NC(C)c1ccc(N)cc1. The maximum absolute atomic E-state index is 12.3. The number of aromatic nitrogens is 1. The summed E-state index contributed by atoms with van der Waals surface area (Å²) in [5.41, 5.74) is 7.42. The molecule has 3 N–H and O–H groups in total. The third-order valence-electron chi connectivity index (χ3n) is 3.00. The molecule has 108 valence electrons. The fourth-order valence-electron chi connectivity index (χ4n) is 2.00. The highest BCUT2D eigenvalue weighted by Gasteiger charge is 2.26. The van der Waals surface area contributed by atoms with Crippen molar-refractivity contribution in [1.29, 1.82) is 0 Å². The van der Waals surface area contributed by atoms with Crippen LogP contribution in [0.15, 0.2) is 33.7 Å².